The molecular weight excluding hydrogens is 408 g/mol. The van der Waals surface area contributed by atoms with Gasteiger partial charge in [-0.25, -0.2) is 9.59 Å². The van der Waals surface area contributed by atoms with Gasteiger partial charge in [0.15, 0.2) is 5.54 Å². The number of nitro groups is 1. The minimum absolute atomic E-state index is 0.178. The maximum Gasteiger partial charge on any atom is 0.413 e. The standard InChI is InChI=1S/C21H30N2O8/c1-19(2,3)16-22(18(26)31-20(4,5)6)21(12-30-16,17(25)29-7)15(24)13-8-10-14(11-9-13)23(27)28/h8-11,15-16,24H,12H2,1-7H3/t15-,16-,21-/m1/s1. The number of methoxy groups -OCH3 is 1. The molecule has 1 N–H and O–H groups in total. The van der Waals surface area contributed by atoms with Crippen molar-refractivity contribution >= 4 is 17.7 Å². The molecule has 0 aliphatic carbocycles. The van der Waals surface area contributed by atoms with Crippen molar-refractivity contribution in [1.29, 1.82) is 0 Å². The number of nitrogens with zero attached hydrogens (tertiary/aromatic N) is 2. The van der Waals surface area contributed by atoms with Gasteiger partial charge in [-0.1, -0.05) is 20.8 Å². The maximum absolute atomic E-state index is 13.2. The predicted molar refractivity (Wildman–Crippen MR) is 110 cm³/mol. The van der Waals surface area contributed by atoms with Gasteiger partial charge in [0.2, 0.25) is 0 Å². The number of non-ortho nitro benzene ring substituents is 1. The summed E-state index contributed by atoms with van der Waals surface area (Å²) in [5, 5.41) is 22.3. The minimum atomic E-state index is -1.95. The van der Waals surface area contributed by atoms with Crippen molar-refractivity contribution in [3.8, 4) is 0 Å². The lowest BCUT2D eigenvalue weighted by atomic mass is 9.85. The average Bonchev–Trinajstić information content (AvgIpc) is 3.07. The van der Waals surface area contributed by atoms with Crippen LogP contribution in [0.4, 0.5) is 10.5 Å². The largest absolute Gasteiger partial charge is 0.467 e. The van der Waals surface area contributed by atoms with Crippen LogP contribution < -0.4 is 0 Å². The summed E-state index contributed by atoms with van der Waals surface area (Å²) >= 11 is 0. The molecule has 0 saturated carbocycles. The second kappa shape index (κ2) is 8.43. The first-order valence-electron chi connectivity index (χ1n) is 9.80. The van der Waals surface area contributed by atoms with Crippen LogP contribution >= 0.6 is 0 Å². The number of carbonyl (C=O) groups is 2. The van der Waals surface area contributed by atoms with E-state index >= 15 is 0 Å². The zero-order chi connectivity index (χ0) is 23.8. The van der Waals surface area contributed by atoms with Crippen LogP contribution in [0, 0.1) is 15.5 Å². The minimum Gasteiger partial charge on any atom is -0.467 e. The Morgan fingerprint density at radius 1 is 1.23 bits per heavy atom. The zero-order valence-corrected chi connectivity index (χ0v) is 18.9. The second-order valence-electron chi connectivity index (χ2n) is 9.55. The number of rotatable bonds is 4. The van der Waals surface area contributed by atoms with Gasteiger partial charge in [-0.15, -0.1) is 0 Å². The molecule has 1 fully saturated rings. The number of ether oxygens (including phenoxy) is 3. The number of hydrogen-bond donors (Lipinski definition) is 1. The molecule has 3 atom stereocenters. The van der Waals surface area contributed by atoms with E-state index in [9.17, 15) is 24.8 Å². The van der Waals surface area contributed by atoms with E-state index in [1.807, 2.05) is 20.8 Å². The highest BCUT2D eigenvalue weighted by Gasteiger charge is 2.63. The van der Waals surface area contributed by atoms with Gasteiger partial charge in [0.1, 0.15) is 17.9 Å². The molecule has 0 aromatic heterocycles. The molecule has 1 heterocycles. The summed E-state index contributed by atoms with van der Waals surface area (Å²) in [5.74, 6) is -0.893. The van der Waals surface area contributed by atoms with Crippen molar-refractivity contribution < 1.29 is 33.8 Å². The molecule has 10 nitrogen and oxygen atoms in total. The van der Waals surface area contributed by atoms with Crippen LogP contribution in [0.25, 0.3) is 0 Å². The van der Waals surface area contributed by atoms with E-state index in [0.29, 0.717) is 0 Å². The fourth-order valence-electron chi connectivity index (χ4n) is 3.48. The van der Waals surface area contributed by atoms with Crippen LogP contribution in [-0.2, 0) is 19.0 Å². The molecule has 31 heavy (non-hydrogen) atoms. The number of amides is 1. The molecule has 1 aromatic rings. The molecular formula is C21H30N2O8. The third-order valence-electron chi connectivity index (χ3n) is 4.87. The molecule has 10 heteroatoms. The topological polar surface area (TPSA) is 128 Å². The Kier molecular flexibility index (Phi) is 6.67. The van der Waals surface area contributed by atoms with Gasteiger partial charge < -0.3 is 19.3 Å². The molecule has 0 spiro atoms. The van der Waals surface area contributed by atoms with Gasteiger partial charge >= 0.3 is 12.1 Å². The third kappa shape index (κ3) is 4.80. The number of benzene rings is 1. The quantitative estimate of drug-likeness (QED) is 0.431. The van der Waals surface area contributed by atoms with Crippen LogP contribution in [-0.4, -0.2) is 58.1 Å². The van der Waals surface area contributed by atoms with Gasteiger partial charge in [-0.05, 0) is 38.5 Å². The Balaban J connectivity index is 2.63. The number of aliphatic hydroxyl groups is 1. The molecule has 0 unspecified atom stereocenters. The van der Waals surface area contributed by atoms with Gasteiger partial charge in [0.25, 0.3) is 5.69 Å². The number of esters is 1. The molecule has 1 aliphatic rings. The highest BCUT2D eigenvalue weighted by molar-refractivity contribution is 5.88. The van der Waals surface area contributed by atoms with Gasteiger partial charge in [0, 0.05) is 17.5 Å². The van der Waals surface area contributed by atoms with E-state index in [-0.39, 0.29) is 17.9 Å². The molecule has 1 aliphatic heterocycles. The first-order valence-corrected chi connectivity index (χ1v) is 9.80. The predicted octanol–water partition coefficient (Wildman–Crippen LogP) is 3.18. The molecule has 1 aromatic carbocycles. The summed E-state index contributed by atoms with van der Waals surface area (Å²) < 4.78 is 16.4. The van der Waals surface area contributed by atoms with Crippen LogP contribution in [0.15, 0.2) is 24.3 Å². The Morgan fingerprint density at radius 3 is 2.19 bits per heavy atom. The molecule has 2 rings (SSSR count). The van der Waals surface area contributed by atoms with E-state index in [2.05, 4.69) is 0 Å². The van der Waals surface area contributed by atoms with Gasteiger partial charge in [-0.3, -0.25) is 15.0 Å². The Bertz CT molecular complexity index is 840. The lowest BCUT2D eigenvalue weighted by molar-refractivity contribution is -0.384. The van der Waals surface area contributed by atoms with Gasteiger partial charge in [0.05, 0.1) is 18.6 Å². The first-order chi connectivity index (χ1) is 14.1. The summed E-state index contributed by atoms with van der Waals surface area (Å²) in [6.45, 7) is 10.2. The van der Waals surface area contributed by atoms with Crippen LogP contribution in [0.5, 0.6) is 0 Å². The smallest absolute Gasteiger partial charge is 0.413 e. The van der Waals surface area contributed by atoms with E-state index < -0.39 is 45.9 Å². The molecule has 0 radical (unpaired) electrons. The zero-order valence-electron chi connectivity index (χ0n) is 18.9. The fourth-order valence-corrected chi connectivity index (χ4v) is 3.48. The van der Waals surface area contributed by atoms with Crippen molar-refractivity contribution in [2.45, 2.75) is 65.0 Å². The monoisotopic (exact) mass is 438 g/mol. The number of carbonyl (C=O) groups excluding carboxylic acids is 2. The molecule has 1 saturated heterocycles. The maximum atomic E-state index is 13.2. The van der Waals surface area contributed by atoms with Crippen molar-refractivity contribution in [3.63, 3.8) is 0 Å². The van der Waals surface area contributed by atoms with E-state index in [1.54, 1.807) is 20.8 Å². The summed E-state index contributed by atoms with van der Waals surface area (Å²) in [6.07, 6.45) is -3.36. The Hall–Kier alpha value is -2.72. The third-order valence-corrected chi connectivity index (χ3v) is 4.87. The summed E-state index contributed by atoms with van der Waals surface area (Å²) in [7, 11) is 1.14. The molecule has 1 amide bonds. The fraction of sp³-hybridized carbons (Fsp3) is 0.619. The number of nitro benzene ring substituents is 1. The average molecular weight is 438 g/mol. The SMILES string of the molecule is COC(=O)[C@]1([C@H](O)c2ccc([N+](=O)[O-])cc2)CO[C@H](C(C)(C)C)N1C(=O)OC(C)(C)C. The summed E-state index contributed by atoms with van der Waals surface area (Å²) in [5.41, 5.74) is -3.46. The van der Waals surface area contributed by atoms with Crippen molar-refractivity contribution in [2.24, 2.45) is 5.41 Å². The highest BCUT2D eigenvalue weighted by atomic mass is 16.6. The van der Waals surface area contributed by atoms with E-state index in [4.69, 9.17) is 14.2 Å². The molecule has 0 bridgehead atoms. The van der Waals surface area contributed by atoms with E-state index in [0.717, 1.165) is 12.0 Å². The normalized spacial score (nSPS) is 22.7. The van der Waals surface area contributed by atoms with Crippen molar-refractivity contribution in [2.75, 3.05) is 13.7 Å². The lowest BCUT2D eigenvalue weighted by Gasteiger charge is -2.42. The van der Waals surface area contributed by atoms with Crippen molar-refractivity contribution in [1.82, 2.24) is 4.90 Å². The number of hydrogen-bond acceptors (Lipinski definition) is 8. The second-order valence-corrected chi connectivity index (χ2v) is 9.55. The summed E-state index contributed by atoms with van der Waals surface area (Å²) in [6, 6.07) is 5.06. The summed E-state index contributed by atoms with van der Waals surface area (Å²) in [4.78, 5) is 37.8. The lowest BCUT2D eigenvalue weighted by Crippen LogP contribution is -2.63. The van der Waals surface area contributed by atoms with Gasteiger partial charge in [-0.2, -0.15) is 0 Å². The Labute approximate surface area is 181 Å². The van der Waals surface area contributed by atoms with Crippen LogP contribution in [0.3, 0.4) is 0 Å². The van der Waals surface area contributed by atoms with Crippen LogP contribution in [0.2, 0.25) is 0 Å². The highest BCUT2D eigenvalue weighted by Crippen LogP contribution is 2.45. The van der Waals surface area contributed by atoms with Crippen molar-refractivity contribution in [3.05, 3.63) is 39.9 Å². The first kappa shape index (κ1) is 24.5. The van der Waals surface area contributed by atoms with E-state index in [1.165, 1.54) is 24.3 Å². The Morgan fingerprint density at radius 2 is 1.77 bits per heavy atom. The number of aliphatic hydroxyl groups excluding tert-OH is 1. The molecule has 172 valence electrons. The van der Waals surface area contributed by atoms with Crippen LogP contribution in [0.1, 0.15) is 53.2 Å².